The average Bonchev–Trinajstić information content (AvgIpc) is 2.57. The van der Waals surface area contributed by atoms with Crippen LogP contribution >= 0.6 is 12.2 Å². The summed E-state index contributed by atoms with van der Waals surface area (Å²) in [5, 5.41) is 7.10. The van der Waals surface area contributed by atoms with Crippen molar-refractivity contribution < 1.29 is 0 Å². The molecule has 0 aliphatic rings. The molecule has 0 bridgehead atoms. The van der Waals surface area contributed by atoms with Gasteiger partial charge in [0.25, 0.3) is 0 Å². The predicted octanol–water partition coefficient (Wildman–Crippen LogP) is 2.33. The highest BCUT2D eigenvalue weighted by atomic mass is 32.1. The fourth-order valence-electron chi connectivity index (χ4n) is 1.59. The lowest BCUT2D eigenvalue weighted by Gasteiger charge is -2.08. The molecule has 0 fully saturated rings. The van der Waals surface area contributed by atoms with Gasteiger partial charge < -0.3 is 4.90 Å². The zero-order valence-electron chi connectivity index (χ0n) is 9.00. The Morgan fingerprint density at radius 1 is 1.27 bits per heavy atom. The van der Waals surface area contributed by atoms with Gasteiger partial charge in [-0.25, -0.2) is 0 Å². The van der Waals surface area contributed by atoms with Gasteiger partial charge in [-0.2, -0.15) is 0 Å². The largest absolute Gasteiger partial charge is 0.309 e. The first-order chi connectivity index (χ1) is 7.16. The number of nitrogens with one attached hydrogen (secondary N) is 2. The Labute approximate surface area is 94.1 Å². The second-order valence-corrected chi connectivity index (χ2v) is 4.42. The normalized spacial score (nSPS) is 11.4. The molecule has 1 aromatic heterocycles. The Kier molecular flexibility index (Phi) is 2.88. The maximum atomic E-state index is 5.19. The Morgan fingerprint density at radius 2 is 2.07 bits per heavy atom. The van der Waals surface area contributed by atoms with E-state index in [0.29, 0.717) is 0 Å². The smallest absolute Gasteiger partial charge is 0.127 e. The van der Waals surface area contributed by atoms with Crippen molar-refractivity contribution in [2.75, 3.05) is 20.6 Å². The summed E-state index contributed by atoms with van der Waals surface area (Å²) in [4.78, 5) is 2.18. The van der Waals surface area contributed by atoms with Crippen LogP contribution in [0, 0.1) is 4.64 Å². The number of H-pyrrole nitrogens is 2. The van der Waals surface area contributed by atoms with Crippen LogP contribution in [0.15, 0.2) is 18.2 Å². The maximum Gasteiger partial charge on any atom is 0.127 e. The lowest BCUT2D eigenvalue weighted by atomic mass is 10.1. The molecule has 0 aliphatic heterocycles. The molecule has 0 amide bonds. The third-order valence-electron chi connectivity index (χ3n) is 2.49. The van der Waals surface area contributed by atoms with Gasteiger partial charge >= 0.3 is 0 Å². The van der Waals surface area contributed by atoms with Crippen LogP contribution in [0.4, 0.5) is 0 Å². The van der Waals surface area contributed by atoms with Crippen LogP contribution in [0.1, 0.15) is 5.56 Å². The van der Waals surface area contributed by atoms with E-state index in [1.54, 1.807) is 0 Å². The summed E-state index contributed by atoms with van der Waals surface area (Å²) in [6, 6.07) is 6.38. The number of hydrogen-bond donors (Lipinski definition) is 2. The molecule has 3 nitrogen and oxygen atoms in total. The minimum absolute atomic E-state index is 0.789. The first kappa shape index (κ1) is 10.4. The van der Waals surface area contributed by atoms with E-state index in [1.165, 1.54) is 5.56 Å². The van der Waals surface area contributed by atoms with Gasteiger partial charge in [-0.15, -0.1) is 0 Å². The number of aromatic amines is 2. The Morgan fingerprint density at radius 3 is 2.80 bits per heavy atom. The Bertz CT molecular complexity index is 510. The summed E-state index contributed by atoms with van der Waals surface area (Å²) < 4.78 is 0.789. The van der Waals surface area contributed by atoms with Crippen molar-refractivity contribution in [3.63, 3.8) is 0 Å². The van der Waals surface area contributed by atoms with Gasteiger partial charge in [0.15, 0.2) is 0 Å². The van der Waals surface area contributed by atoms with E-state index in [2.05, 4.69) is 47.4 Å². The fourth-order valence-corrected chi connectivity index (χ4v) is 1.81. The molecule has 0 atom stereocenters. The molecule has 0 unspecified atom stereocenters. The standard InChI is InChI=1S/C11H15N3S/c1-14(2)6-5-8-3-4-10-9(7-8)11(15)13-12-10/h3-4,7H,5-6H2,1-2H3,(H2,12,13,15). The predicted molar refractivity (Wildman–Crippen MR) is 65.7 cm³/mol. The molecule has 0 saturated heterocycles. The number of benzene rings is 1. The first-order valence-corrected chi connectivity index (χ1v) is 5.41. The molecule has 80 valence electrons. The molecule has 1 heterocycles. The monoisotopic (exact) mass is 221 g/mol. The highest BCUT2D eigenvalue weighted by molar-refractivity contribution is 7.71. The zero-order valence-corrected chi connectivity index (χ0v) is 9.82. The molecule has 0 aliphatic carbocycles. The summed E-state index contributed by atoms with van der Waals surface area (Å²) in [6.07, 6.45) is 1.06. The number of fused-ring (bicyclic) bond motifs is 1. The van der Waals surface area contributed by atoms with Crippen molar-refractivity contribution in [2.45, 2.75) is 6.42 Å². The number of hydrogen-bond acceptors (Lipinski definition) is 2. The molecule has 0 saturated carbocycles. The van der Waals surface area contributed by atoms with Crippen LogP contribution in [0.3, 0.4) is 0 Å². The highest BCUT2D eigenvalue weighted by Gasteiger charge is 2.00. The van der Waals surface area contributed by atoms with Gasteiger partial charge in [-0.1, -0.05) is 18.3 Å². The molecule has 0 radical (unpaired) electrons. The number of nitrogens with zero attached hydrogens (tertiary/aromatic N) is 1. The third kappa shape index (κ3) is 2.27. The van der Waals surface area contributed by atoms with Crippen molar-refractivity contribution in [3.8, 4) is 0 Å². The van der Waals surface area contributed by atoms with Crippen LogP contribution in [0.2, 0.25) is 0 Å². The third-order valence-corrected chi connectivity index (χ3v) is 2.81. The second-order valence-electron chi connectivity index (χ2n) is 4.01. The highest BCUT2D eigenvalue weighted by Crippen LogP contribution is 2.15. The minimum atomic E-state index is 0.789. The van der Waals surface area contributed by atoms with Gasteiger partial charge in [-0.3, -0.25) is 10.2 Å². The van der Waals surface area contributed by atoms with E-state index in [-0.39, 0.29) is 0 Å². The van der Waals surface area contributed by atoms with Crippen molar-refractivity contribution in [2.24, 2.45) is 0 Å². The van der Waals surface area contributed by atoms with E-state index in [0.717, 1.165) is 28.5 Å². The van der Waals surface area contributed by atoms with E-state index in [9.17, 15) is 0 Å². The van der Waals surface area contributed by atoms with Gasteiger partial charge in [0, 0.05) is 11.9 Å². The topological polar surface area (TPSA) is 34.8 Å². The molecular weight excluding hydrogens is 206 g/mol. The Hall–Kier alpha value is -1.13. The summed E-state index contributed by atoms with van der Waals surface area (Å²) in [7, 11) is 4.17. The molecule has 2 rings (SSSR count). The van der Waals surface area contributed by atoms with Gasteiger partial charge in [-0.05, 0) is 38.2 Å². The maximum absolute atomic E-state index is 5.19. The number of likely N-dealkylation sites (N-methyl/N-ethyl adjacent to an activating group) is 1. The molecule has 2 aromatic rings. The summed E-state index contributed by atoms with van der Waals surface area (Å²) in [5.41, 5.74) is 2.41. The van der Waals surface area contributed by atoms with Crippen molar-refractivity contribution in [1.29, 1.82) is 0 Å². The summed E-state index contributed by atoms with van der Waals surface area (Å²) in [5.74, 6) is 0. The lowest BCUT2D eigenvalue weighted by Crippen LogP contribution is -2.14. The van der Waals surface area contributed by atoms with Gasteiger partial charge in [0.05, 0.1) is 5.52 Å². The molecule has 0 spiro atoms. The van der Waals surface area contributed by atoms with Crippen LogP contribution in [-0.2, 0) is 6.42 Å². The molecule has 1 aromatic carbocycles. The molecule has 2 N–H and O–H groups in total. The summed E-state index contributed by atoms with van der Waals surface area (Å²) in [6.45, 7) is 1.06. The fraction of sp³-hybridized carbons (Fsp3) is 0.364. The van der Waals surface area contributed by atoms with Crippen molar-refractivity contribution >= 4 is 23.1 Å². The van der Waals surface area contributed by atoms with Crippen LogP contribution in [0.25, 0.3) is 10.9 Å². The van der Waals surface area contributed by atoms with Gasteiger partial charge in [0.2, 0.25) is 0 Å². The zero-order chi connectivity index (χ0) is 10.8. The SMILES string of the molecule is CN(C)CCc1ccc2[nH][nH]c(=S)c2c1. The second kappa shape index (κ2) is 4.16. The van der Waals surface area contributed by atoms with E-state index >= 15 is 0 Å². The van der Waals surface area contributed by atoms with Crippen LogP contribution in [-0.4, -0.2) is 35.7 Å². The molecular formula is C11H15N3S. The van der Waals surface area contributed by atoms with Crippen LogP contribution < -0.4 is 0 Å². The van der Waals surface area contributed by atoms with Gasteiger partial charge in [0.1, 0.15) is 4.64 Å². The first-order valence-electron chi connectivity index (χ1n) is 5.01. The Balaban J connectivity index is 2.29. The summed E-state index contributed by atoms with van der Waals surface area (Å²) >= 11 is 5.19. The van der Waals surface area contributed by atoms with Crippen LogP contribution in [0.5, 0.6) is 0 Å². The molecule has 4 heteroatoms. The van der Waals surface area contributed by atoms with Crippen molar-refractivity contribution in [1.82, 2.24) is 15.1 Å². The van der Waals surface area contributed by atoms with E-state index in [1.807, 2.05) is 0 Å². The minimum Gasteiger partial charge on any atom is -0.309 e. The van der Waals surface area contributed by atoms with E-state index in [4.69, 9.17) is 12.2 Å². The molecule has 15 heavy (non-hydrogen) atoms. The van der Waals surface area contributed by atoms with E-state index < -0.39 is 0 Å². The lowest BCUT2D eigenvalue weighted by molar-refractivity contribution is 0.414. The quantitative estimate of drug-likeness (QED) is 0.780. The number of aromatic nitrogens is 2. The number of rotatable bonds is 3. The van der Waals surface area contributed by atoms with Crippen molar-refractivity contribution in [3.05, 3.63) is 28.4 Å². The average molecular weight is 221 g/mol.